The van der Waals surface area contributed by atoms with Gasteiger partial charge in [-0.1, -0.05) is 30.3 Å². The fourth-order valence-corrected chi connectivity index (χ4v) is 2.34. The molecule has 0 bridgehead atoms. The minimum atomic E-state index is 0.834. The van der Waals surface area contributed by atoms with Crippen molar-refractivity contribution in [2.24, 2.45) is 0 Å². The van der Waals surface area contributed by atoms with Crippen LogP contribution in [-0.4, -0.2) is 43.9 Å². The molecular weight excluding hydrogens is 222 g/mol. The van der Waals surface area contributed by atoms with E-state index in [0.29, 0.717) is 0 Å². The van der Waals surface area contributed by atoms with Crippen LogP contribution >= 0.6 is 0 Å². The zero-order valence-corrected chi connectivity index (χ0v) is 12.2. The van der Waals surface area contributed by atoms with Crippen LogP contribution in [0.3, 0.4) is 0 Å². The van der Waals surface area contributed by atoms with Gasteiger partial charge in [-0.05, 0) is 32.8 Å². The van der Waals surface area contributed by atoms with E-state index in [-0.39, 0.29) is 0 Å². The molecule has 0 aliphatic carbocycles. The summed E-state index contributed by atoms with van der Waals surface area (Å²) in [5, 5.41) is 0. The zero-order valence-electron chi connectivity index (χ0n) is 12.2. The predicted molar refractivity (Wildman–Crippen MR) is 77.7 cm³/mol. The van der Waals surface area contributed by atoms with E-state index < -0.39 is 0 Å². The second-order valence-corrected chi connectivity index (χ2v) is 4.86. The lowest BCUT2D eigenvalue weighted by Gasteiger charge is -2.35. The molecule has 0 aliphatic rings. The van der Waals surface area contributed by atoms with Crippen LogP contribution in [0.15, 0.2) is 30.3 Å². The third kappa shape index (κ3) is 4.79. The lowest BCUT2D eigenvalue weighted by Crippen LogP contribution is -2.49. The van der Waals surface area contributed by atoms with Gasteiger partial charge < -0.3 is 9.22 Å². The summed E-state index contributed by atoms with van der Waals surface area (Å²) in [5.74, 6) is 0. The van der Waals surface area contributed by atoms with Gasteiger partial charge in [0.1, 0.15) is 6.54 Å². The molecule has 0 amide bonds. The number of hydrogen-bond acceptors (Lipinski definition) is 1. The van der Waals surface area contributed by atoms with Crippen molar-refractivity contribution < 1.29 is 9.22 Å². The standard InChI is InChI=1S/C16H28NO/c1-4-17(5-2,6-3)13-15-18-14-12-16-10-8-7-9-11-16/h7-11H,4-6,12-15H2,1-3H3/q+1. The lowest BCUT2D eigenvalue weighted by atomic mass is 10.2. The van der Waals surface area contributed by atoms with Gasteiger partial charge in [0.15, 0.2) is 0 Å². The average molecular weight is 250 g/mol. The van der Waals surface area contributed by atoms with E-state index in [9.17, 15) is 0 Å². The Kier molecular flexibility index (Phi) is 6.99. The maximum atomic E-state index is 5.78. The summed E-state index contributed by atoms with van der Waals surface area (Å²) < 4.78 is 6.95. The van der Waals surface area contributed by atoms with E-state index in [1.165, 1.54) is 29.7 Å². The summed E-state index contributed by atoms with van der Waals surface area (Å²) in [4.78, 5) is 0. The topological polar surface area (TPSA) is 9.23 Å². The fourth-order valence-electron chi connectivity index (χ4n) is 2.34. The molecule has 1 aromatic carbocycles. The molecule has 1 aromatic rings. The zero-order chi connectivity index (χ0) is 13.3. The molecule has 1 rings (SSSR count). The summed E-state index contributed by atoms with van der Waals surface area (Å²) in [6.45, 7) is 13.3. The molecular formula is C16H28NO+. The largest absolute Gasteiger partial charge is 0.375 e. The van der Waals surface area contributed by atoms with Crippen molar-refractivity contribution in [2.75, 3.05) is 39.4 Å². The van der Waals surface area contributed by atoms with Gasteiger partial charge in [0.2, 0.25) is 0 Å². The second kappa shape index (κ2) is 8.28. The van der Waals surface area contributed by atoms with Gasteiger partial charge in [-0.15, -0.1) is 0 Å². The second-order valence-electron chi connectivity index (χ2n) is 4.86. The van der Waals surface area contributed by atoms with Crippen LogP contribution in [0.2, 0.25) is 0 Å². The molecule has 0 N–H and O–H groups in total. The molecule has 0 aliphatic heterocycles. The Morgan fingerprint density at radius 3 is 2.06 bits per heavy atom. The van der Waals surface area contributed by atoms with Crippen LogP contribution in [0, 0.1) is 0 Å². The monoisotopic (exact) mass is 250 g/mol. The SMILES string of the molecule is CC[N+](CC)(CC)CCOCCc1ccccc1. The van der Waals surface area contributed by atoms with Gasteiger partial charge in [-0.25, -0.2) is 0 Å². The Labute approximate surface area is 112 Å². The first-order valence-corrected chi connectivity index (χ1v) is 7.23. The summed E-state index contributed by atoms with van der Waals surface area (Å²) >= 11 is 0. The Balaban J connectivity index is 2.18. The molecule has 0 atom stereocenters. The van der Waals surface area contributed by atoms with Crippen molar-refractivity contribution in [2.45, 2.75) is 27.2 Å². The summed E-state index contributed by atoms with van der Waals surface area (Å²) in [6, 6.07) is 10.5. The molecule has 0 saturated heterocycles. The first kappa shape index (κ1) is 15.2. The van der Waals surface area contributed by atoms with Gasteiger partial charge in [0.25, 0.3) is 0 Å². The average Bonchev–Trinajstić information content (AvgIpc) is 2.45. The fraction of sp³-hybridized carbons (Fsp3) is 0.625. The van der Waals surface area contributed by atoms with Crippen molar-refractivity contribution in [1.82, 2.24) is 0 Å². The van der Waals surface area contributed by atoms with Gasteiger partial charge in [-0.2, -0.15) is 0 Å². The third-order valence-electron chi connectivity index (χ3n) is 4.10. The molecule has 0 radical (unpaired) electrons. The number of hydrogen-bond donors (Lipinski definition) is 0. The van der Waals surface area contributed by atoms with Crippen LogP contribution < -0.4 is 0 Å². The van der Waals surface area contributed by atoms with Crippen molar-refractivity contribution >= 4 is 0 Å². The lowest BCUT2D eigenvalue weighted by molar-refractivity contribution is -0.923. The highest BCUT2D eigenvalue weighted by Gasteiger charge is 2.19. The minimum absolute atomic E-state index is 0.834. The number of nitrogens with zero attached hydrogens (tertiary/aromatic N) is 1. The molecule has 0 saturated carbocycles. The van der Waals surface area contributed by atoms with E-state index in [2.05, 4.69) is 51.1 Å². The molecule has 102 valence electrons. The first-order valence-electron chi connectivity index (χ1n) is 7.23. The van der Waals surface area contributed by atoms with Crippen LogP contribution in [0.1, 0.15) is 26.3 Å². The van der Waals surface area contributed by atoms with Crippen LogP contribution in [0.25, 0.3) is 0 Å². The van der Waals surface area contributed by atoms with Gasteiger partial charge in [0, 0.05) is 0 Å². The quantitative estimate of drug-likeness (QED) is 0.483. The molecule has 0 unspecified atom stereocenters. The Hall–Kier alpha value is -0.860. The highest BCUT2D eigenvalue weighted by molar-refractivity contribution is 5.14. The smallest absolute Gasteiger partial charge is 0.102 e. The third-order valence-corrected chi connectivity index (χ3v) is 4.10. The van der Waals surface area contributed by atoms with Crippen LogP contribution in [-0.2, 0) is 11.2 Å². The van der Waals surface area contributed by atoms with Gasteiger partial charge >= 0.3 is 0 Å². The number of quaternary nitrogens is 1. The minimum Gasteiger partial charge on any atom is -0.375 e. The van der Waals surface area contributed by atoms with E-state index in [0.717, 1.165) is 26.2 Å². The summed E-state index contributed by atoms with van der Waals surface area (Å²) in [7, 11) is 0. The van der Waals surface area contributed by atoms with Crippen molar-refractivity contribution in [3.05, 3.63) is 35.9 Å². The van der Waals surface area contributed by atoms with Crippen LogP contribution in [0.4, 0.5) is 0 Å². The number of benzene rings is 1. The Bertz CT molecular complexity index is 298. The van der Waals surface area contributed by atoms with Crippen molar-refractivity contribution in [3.63, 3.8) is 0 Å². The van der Waals surface area contributed by atoms with Crippen molar-refractivity contribution in [1.29, 1.82) is 0 Å². The summed E-state index contributed by atoms with van der Waals surface area (Å²) in [5.41, 5.74) is 1.36. The Morgan fingerprint density at radius 1 is 0.889 bits per heavy atom. The molecule has 18 heavy (non-hydrogen) atoms. The molecule has 2 nitrogen and oxygen atoms in total. The summed E-state index contributed by atoms with van der Waals surface area (Å²) in [6.07, 6.45) is 1.02. The molecule has 0 fully saturated rings. The molecule has 2 heteroatoms. The maximum absolute atomic E-state index is 5.78. The predicted octanol–water partition coefficient (Wildman–Crippen LogP) is 3.12. The highest BCUT2D eigenvalue weighted by Crippen LogP contribution is 2.05. The van der Waals surface area contributed by atoms with Gasteiger partial charge in [-0.3, -0.25) is 0 Å². The van der Waals surface area contributed by atoms with Crippen LogP contribution in [0.5, 0.6) is 0 Å². The number of rotatable bonds is 9. The molecule has 0 spiro atoms. The number of ether oxygens (including phenoxy) is 1. The number of likely N-dealkylation sites (N-methyl/N-ethyl adjacent to an activating group) is 1. The van der Waals surface area contributed by atoms with Crippen molar-refractivity contribution in [3.8, 4) is 0 Å². The molecule has 0 aromatic heterocycles. The van der Waals surface area contributed by atoms with E-state index in [1.54, 1.807) is 0 Å². The Morgan fingerprint density at radius 2 is 1.50 bits per heavy atom. The van der Waals surface area contributed by atoms with Gasteiger partial charge in [0.05, 0.1) is 32.8 Å². The normalized spacial score (nSPS) is 11.7. The maximum Gasteiger partial charge on any atom is 0.102 e. The first-order chi connectivity index (χ1) is 8.76. The van der Waals surface area contributed by atoms with E-state index in [1.807, 2.05) is 0 Å². The molecule has 0 heterocycles. The van der Waals surface area contributed by atoms with E-state index in [4.69, 9.17) is 4.74 Å². The van der Waals surface area contributed by atoms with E-state index >= 15 is 0 Å². The highest BCUT2D eigenvalue weighted by atomic mass is 16.5.